The zero-order valence-corrected chi connectivity index (χ0v) is 18.2. The fourth-order valence-corrected chi connectivity index (χ4v) is 5.80. The summed E-state index contributed by atoms with van der Waals surface area (Å²) in [6, 6.07) is 5.19. The molecule has 2 aliphatic carbocycles. The second-order valence-corrected chi connectivity index (χ2v) is 9.26. The SMILES string of the molecule is C=C[C@]1(C)C(Cl)=C[C@H]2C(=O)[C@]1(N=C=S)c1cccc3c1[C@](O)(C(=O)N3C)C2(C)C. The van der Waals surface area contributed by atoms with Crippen molar-refractivity contribution >= 4 is 46.4 Å². The molecule has 1 aromatic rings. The number of benzene rings is 1. The average molecular weight is 429 g/mol. The highest BCUT2D eigenvalue weighted by molar-refractivity contribution is 7.78. The van der Waals surface area contributed by atoms with Gasteiger partial charge in [-0.2, -0.15) is 0 Å². The number of Topliss-reactive ketones (excluding diaryl/α,β-unsaturated/α-hetero) is 1. The quantitative estimate of drug-likeness (QED) is 0.443. The molecule has 29 heavy (non-hydrogen) atoms. The Morgan fingerprint density at radius 3 is 2.59 bits per heavy atom. The number of halogens is 1. The van der Waals surface area contributed by atoms with Gasteiger partial charge in [0.15, 0.2) is 16.9 Å². The summed E-state index contributed by atoms with van der Waals surface area (Å²) in [5, 5.41) is 14.7. The van der Waals surface area contributed by atoms with Crippen LogP contribution in [0, 0.1) is 16.7 Å². The Morgan fingerprint density at radius 2 is 2.00 bits per heavy atom. The summed E-state index contributed by atoms with van der Waals surface area (Å²) >= 11 is 11.7. The van der Waals surface area contributed by atoms with Crippen molar-refractivity contribution < 1.29 is 14.7 Å². The number of nitrogens with zero attached hydrogens (tertiary/aromatic N) is 2. The second-order valence-electron chi connectivity index (χ2n) is 8.67. The number of isothiocyanates is 1. The number of amides is 1. The lowest BCUT2D eigenvalue weighted by Crippen LogP contribution is -2.57. The van der Waals surface area contributed by atoms with E-state index in [1.54, 1.807) is 58.2 Å². The molecule has 0 spiro atoms. The highest BCUT2D eigenvalue weighted by Gasteiger charge is 2.72. The van der Waals surface area contributed by atoms with Gasteiger partial charge in [-0.15, -0.1) is 6.58 Å². The van der Waals surface area contributed by atoms with Gasteiger partial charge in [-0.3, -0.25) is 9.59 Å². The molecule has 4 rings (SSSR count). The molecule has 1 N–H and O–H groups in total. The van der Waals surface area contributed by atoms with Crippen LogP contribution in [0.4, 0.5) is 5.69 Å². The minimum Gasteiger partial charge on any atom is -0.375 e. The largest absolute Gasteiger partial charge is 0.375 e. The van der Waals surface area contributed by atoms with Crippen molar-refractivity contribution in [2.45, 2.75) is 31.9 Å². The number of hydrogen-bond donors (Lipinski definition) is 1. The molecule has 0 saturated carbocycles. The normalized spacial score (nSPS) is 36.7. The summed E-state index contributed by atoms with van der Waals surface area (Å²) in [5.41, 5.74) is -4.55. The fourth-order valence-electron chi connectivity index (χ4n) is 5.33. The molecule has 1 aliphatic heterocycles. The number of thiocarbonyl (C=S) groups is 1. The standard InChI is InChI=1S/C22H21ClN2O3S/c1-6-20(4)15(23)10-13-17(26)21(20,24-11-29)12-8-7-9-14-16(12)22(28,19(13,2)3)18(27)25(14)5/h6-10,13,28H,1H2,2-5H3/t13-,20+,21+,22-/m0/s1. The lowest BCUT2D eigenvalue weighted by molar-refractivity contribution is -0.158. The van der Waals surface area contributed by atoms with Gasteiger partial charge in [0.1, 0.15) is 0 Å². The minimum atomic E-state index is -1.94. The van der Waals surface area contributed by atoms with E-state index in [1.165, 1.54) is 4.90 Å². The maximum atomic E-state index is 14.1. The Kier molecular flexibility index (Phi) is 3.99. The van der Waals surface area contributed by atoms with Crippen LogP contribution in [0.5, 0.6) is 0 Å². The minimum absolute atomic E-state index is 0.293. The zero-order chi connectivity index (χ0) is 21.6. The number of rotatable bonds is 2. The van der Waals surface area contributed by atoms with Gasteiger partial charge in [0, 0.05) is 29.0 Å². The number of anilines is 1. The maximum absolute atomic E-state index is 14.1. The smallest absolute Gasteiger partial charge is 0.264 e. The molecule has 1 amide bonds. The highest BCUT2D eigenvalue weighted by Crippen LogP contribution is 2.66. The Hall–Kier alpha value is -2.11. The number of carbonyl (C=O) groups excluding carboxylic acids is 2. The van der Waals surface area contributed by atoms with Crippen LogP contribution in [0.25, 0.3) is 0 Å². The number of allylic oxidation sites excluding steroid dienone is 1. The highest BCUT2D eigenvalue weighted by atomic mass is 35.5. The van der Waals surface area contributed by atoms with E-state index in [1.807, 2.05) is 0 Å². The number of fused-ring (bicyclic) bond motifs is 3. The summed E-state index contributed by atoms with van der Waals surface area (Å²) in [4.78, 5) is 33.3. The van der Waals surface area contributed by atoms with Crippen LogP contribution in [-0.2, 0) is 20.7 Å². The predicted molar refractivity (Wildman–Crippen MR) is 115 cm³/mol. The van der Waals surface area contributed by atoms with Crippen LogP contribution < -0.4 is 4.90 Å². The predicted octanol–water partition coefficient (Wildman–Crippen LogP) is 3.70. The van der Waals surface area contributed by atoms with E-state index in [-0.39, 0.29) is 5.78 Å². The molecule has 1 aromatic carbocycles. The summed E-state index contributed by atoms with van der Waals surface area (Å²) in [5.74, 6) is -1.66. The molecule has 0 radical (unpaired) electrons. The van der Waals surface area contributed by atoms with Crippen molar-refractivity contribution in [2.24, 2.45) is 21.7 Å². The summed E-state index contributed by atoms with van der Waals surface area (Å²) in [6.07, 6.45) is 3.20. The van der Waals surface area contributed by atoms with Gasteiger partial charge < -0.3 is 10.0 Å². The lowest BCUT2D eigenvalue weighted by Gasteiger charge is -2.48. The van der Waals surface area contributed by atoms with Gasteiger partial charge in [-0.25, -0.2) is 4.99 Å². The second kappa shape index (κ2) is 5.73. The molecule has 3 aliphatic rings. The molecule has 5 nitrogen and oxygen atoms in total. The topological polar surface area (TPSA) is 70.0 Å². The zero-order valence-electron chi connectivity index (χ0n) is 16.6. The van der Waals surface area contributed by atoms with Crippen molar-refractivity contribution in [1.29, 1.82) is 0 Å². The Labute approximate surface area is 179 Å². The van der Waals surface area contributed by atoms with Gasteiger partial charge >= 0.3 is 0 Å². The maximum Gasteiger partial charge on any atom is 0.264 e. The van der Waals surface area contributed by atoms with E-state index in [0.717, 1.165) is 0 Å². The Balaban J connectivity index is 2.33. The van der Waals surface area contributed by atoms with Crippen LogP contribution in [0.3, 0.4) is 0 Å². The van der Waals surface area contributed by atoms with E-state index < -0.39 is 33.8 Å². The molecule has 0 saturated heterocycles. The first-order chi connectivity index (χ1) is 13.5. The number of hydrogen-bond acceptors (Lipinski definition) is 5. The Bertz CT molecular complexity index is 1090. The molecular weight excluding hydrogens is 408 g/mol. The van der Waals surface area contributed by atoms with Gasteiger partial charge in [-0.1, -0.05) is 49.7 Å². The Morgan fingerprint density at radius 1 is 1.34 bits per heavy atom. The average Bonchev–Trinajstić information content (AvgIpc) is 2.88. The van der Waals surface area contributed by atoms with Crippen LogP contribution in [0.2, 0.25) is 0 Å². The molecule has 7 heteroatoms. The number of carbonyl (C=O) groups is 2. The first kappa shape index (κ1) is 20.2. The van der Waals surface area contributed by atoms with E-state index in [4.69, 9.17) is 23.8 Å². The fraction of sp³-hybridized carbons (Fsp3) is 0.409. The molecular formula is C22H21ClN2O3S. The number of aliphatic imine (C=N–C) groups is 1. The van der Waals surface area contributed by atoms with Crippen molar-refractivity contribution in [3.8, 4) is 0 Å². The van der Waals surface area contributed by atoms with Gasteiger partial charge in [-0.05, 0) is 30.8 Å². The van der Waals surface area contributed by atoms with Crippen LogP contribution in [0.1, 0.15) is 31.9 Å². The monoisotopic (exact) mass is 428 g/mol. The third kappa shape index (κ3) is 1.87. The van der Waals surface area contributed by atoms with Crippen molar-refractivity contribution in [1.82, 2.24) is 0 Å². The number of aliphatic hydroxyl groups is 1. The summed E-state index contributed by atoms with van der Waals surface area (Å²) in [6.45, 7) is 9.10. The van der Waals surface area contributed by atoms with E-state index in [0.29, 0.717) is 21.8 Å². The molecule has 150 valence electrons. The van der Waals surface area contributed by atoms with Gasteiger partial charge in [0.2, 0.25) is 0 Å². The molecule has 4 atom stereocenters. The van der Waals surface area contributed by atoms with Crippen molar-refractivity contribution in [3.05, 3.63) is 53.1 Å². The summed E-state index contributed by atoms with van der Waals surface area (Å²) < 4.78 is 0. The first-order valence-corrected chi connectivity index (χ1v) is 10.0. The van der Waals surface area contributed by atoms with Crippen molar-refractivity contribution in [2.75, 3.05) is 11.9 Å². The molecule has 2 bridgehead atoms. The van der Waals surface area contributed by atoms with Crippen LogP contribution in [-0.4, -0.2) is 29.0 Å². The van der Waals surface area contributed by atoms with Crippen LogP contribution in [0.15, 0.2) is 47.0 Å². The first-order valence-electron chi connectivity index (χ1n) is 9.26. The van der Waals surface area contributed by atoms with E-state index in [9.17, 15) is 14.7 Å². The van der Waals surface area contributed by atoms with Gasteiger partial charge in [0.25, 0.3) is 5.91 Å². The summed E-state index contributed by atoms with van der Waals surface area (Å²) in [7, 11) is 1.61. The van der Waals surface area contributed by atoms with E-state index in [2.05, 4.69) is 16.7 Å². The lowest BCUT2D eigenvalue weighted by atomic mass is 9.56. The van der Waals surface area contributed by atoms with Crippen molar-refractivity contribution in [3.63, 3.8) is 0 Å². The molecule has 1 heterocycles. The third-order valence-electron chi connectivity index (χ3n) is 7.30. The van der Waals surface area contributed by atoms with E-state index >= 15 is 0 Å². The molecule has 0 aromatic heterocycles. The molecule has 0 unspecified atom stereocenters. The number of likely N-dealkylation sites (N-methyl/N-ethyl adjacent to an activating group) is 1. The van der Waals surface area contributed by atoms with Crippen LogP contribution >= 0.6 is 23.8 Å². The third-order valence-corrected chi connectivity index (χ3v) is 7.91. The van der Waals surface area contributed by atoms with Gasteiger partial charge in [0.05, 0.1) is 16.3 Å². The number of ketones is 1. The molecule has 0 fully saturated rings.